The summed E-state index contributed by atoms with van der Waals surface area (Å²) >= 11 is 0. The Hall–Kier alpha value is -3.31. The number of carbonyl (C=O) groups is 1. The number of amides is 1. The van der Waals surface area contributed by atoms with Crippen LogP contribution in [0.25, 0.3) is 0 Å². The van der Waals surface area contributed by atoms with Gasteiger partial charge in [0.1, 0.15) is 18.3 Å². The number of anilines is 1. The molecule has 3 aliphatic heterocycles. The highest BCUT2D eigenvalue weighted by molar-refractivity contribution is 6.10. The van der Waals surface area contributed by atoms with E-state index in [1.807, 2.05) is 41.6 Å². The molecule has 0 spiro atoms. The summed E-state index contributed by atoms with van der Waals surface area (Å²) in [5.41, 5.74) is 0.741. The highest BCUT2D eigenvalue weighted by Crippen LogP contribution is 2.43. The highest BCUT2D eigenvalue weighted by Gasteiger charge is 2.44. The molecular weight excluding hydrogens is 526 g/mol. The van der Waals surface area contributed by atoms with Gasteiger partial charge in [-0.3, -0.25) is 9.69 Å². The molecule has 2 fully saturated rings. The number of fused-ring (bicyclic) bond motifs is 1. The Kier molecular flexibility index (Phi) is 6.69. The van der Waals surface area contributed by atoms with Gasteiger partial charge in [0.05, 0.1) is 25.3 Å². The normalized spacial score (nSPS) is 21.5. The fourth-order valence-electron chi connectivity index (χ4n) is 6.31. The number of carbonyl (C=O) groups excluding carboxylic acids is 1. The van der Waals surface area contributed by atoms with Gasteiger partial charge in [-0.15, -0.1) is 10.2 Å². The number of hydrogen-bond acceptors (Lipinski definition) is 5. The van der Waals surface area contributed by atoms with Crippen molar-refractivity contribution in [2.45, 2.75) is 56.5 Å². The van der Waals surface area contributed by atoms with Gasteiger partial charge in [0.25, 0.3) is 5.91 Å². The molecule has 0 saturated carbocycles. The van der Waals surface area contributed by atoms with Crippen molar-refractivity contribution in [3.8, 4) is 0 Å². The minimum absolute atomic E-state index is 0.0212. The van der Waals surface area contributed by atoms with Crippen LogP contribution in [-0.2, 0) is 36.3 Å². The molecule has 0 unspecified atom stereocenters. The SMILES string of the molecule is CC[C@@H](c1cc2c(c(C(F)(F)F)c1)CN(c1cccc(C3(Cc4nncn4C)COC3)c1)C2=O)N1CC[C@H](F)C1. The second-order valence-electron chi connectivity index (χ2n) is 11.1. The lowest BCUT2D eigenvalue weighted by Gasteiger charge is -2.42. The van der Waals surface area contributed by atoms with E-state index < -0.39 is 29.9 Å². The minimum Gasteiger partial charge on any atom is -0.379 e. The molecule has 0 bridgehead atoms. The highest BCUT2D eigenvalue weighted by atomic mass is 19.4. The zero-order valence-corrected chi connectivity index (χ0v) is 22.4. The number of aryl methyl sites for hydroxylation is 1. The molecule has 212 valence electrons. The Labute approximate surface area is 229 Å². The number of hydrogen-bond donors (Lipinski definition) is 0. The summed E-state index contributed by atoms with van der Waals surface area (Å²) in [6.07, 6.45) is -2.54. The van der Waals surface area contributed by atoms with E-state index in [4.69, 9.17) is 4.74 Å². The molecule has 0 radical (unpaired) electrons. The minimum atomic E-state index is -4.63. The topological polar surface area (TPSA) is 63.5 Å². The summed E-state index contributed by atoms with van der Waals surface area (Å²) in [7, 11) is 1.87. The first-order chi connectivity index (χ1) is 19.1. The van der Waals surface area contributed by atoms with E-state index in [9.17, 15) is 22.4 Å². The van der Waals surface area contributed by atoms with E-state index in [2.05, 4.69) is 10.2 Å². The van der Waals surface area contributed by atoms with Gasteiger partial charge >= 0.3 is 6.18 Å². The third kappa shape index (κ3) is 4.58. The van der Waals surface area contributed by atoms with Gasteiger partial charge in [-0.2, -0.15) is 13.2 Å². The van der Waals surface area contributed by atoms with Crippen LogP contribution in [-0.4, -0.2) is 58.0 Å². The Morgan fingerprint density at radius 3 is 2.60 bits per heavy atom. The lowest BCUT2D eigenvalue weighted by molar-refractivity contribution is -0.138. The smallest absolute Gasteiger partial charge is 0.379 e. The Morgan fingerprint density at radius 1 is 1.20 bits per heavy atom. The van der Waals surface area contributed by atoms with Crippen LogP contribution in [0.4, 0.5) is 23.2 Å². The van der Waals surface area contributed by atoms with Crippen LogP contribution in [0.5, 0.6) is 0 Å². The first-order valence-corrected chi connectivity index (χ1v) is 13.5. The van der Waals surface area contributed by atoms with Crippen molar-refractivity contribution in [1.82, 2.24) is 19.7 Å². The Balaban J connectivity index is 1.35. The van der Waals surface area contributed by atoms with Gasteiger partial charge < -0.3 is 14.2 Å². The summed E-state index contributed by atoms with van der Waals surface area (Å²) in [4.78, 5) is 17.0. The van der Waals surface area contributed by atoms with Crippen LogP contribution in [0, 0.1) is 0 Å². The molecule has 3 aromatic rings. The zero-order chi connectivity index (χ0) is 28.2. The number of benzene rings is 2. The van der Waals surface area contributed by atoms with E-state index in [-0.39, 0.29) is 29.6 Å². The summed E-state index contributed by atoms with van der Waals surface area (Å²) in [5, 5.41) is 8.16. The molecule has 1 aromatic heterocycles. The lowest BCUT2D eigenvalue weighted by atomic mass is 9.75. The maximum absolute atomic E-state index is 14.3. The average molecular weight is 558 g/mol. The van der Waals surface area contributed by atoms with E-state index >= 15 is 0 Å². The zero-order valence-electron chi connectivity index (χ0n) is 22.4. The number of alkyl halides is 4. The number of nitrogens with zero attached hydrogens (tertiary/aromatic N) is 5. The fraction of sp³-hybridized carbons (Fsp3) is 0.483. The summed E-state index contributed by atoms with van der Waals surface area (Å²) in [6.45, 7) is 3.29. The predicted octanol–water partition coefficient (Wildman–Crippen LogP) is 5.00. The van der Waals surface area contributed by atoms with Gasteiger partial charge in [-0.05, 0) is 53.8 Å². The third-order valence-corrected chi connectivity index (χ3v) is 8.57. The predicted molar refractivity (Wildman–Crippen MR) is 140 cm³/mol. The van der Waals surface area contributed by atoms with Gasteiger partial charge in [0.2, 0.25) is 0 Å². The molecule has 2 aromatic carbocycles. The first-order valence-electron chi connectivity index (χ1n) is 13.5. The number of rotatable bonds is 7. The van der Waals surface area contributed by atoms with Gasteiger partial charge in [0, 0.05) is 49.3 Å². The Bertz CT molecular complexity index is 1430. The van der Waals surface area contributed by atoms with E-state index in [0.717, 1.165) is 17.5 Å². The summed E-state index contributed by atoms with van der Waals surface area (Å²) in [6, 6.07) is 9.75. The molecule has 40 heavy (non-hydrogen) atoms. The van der Waals surface area contributed by atoms with Crippen LogP contribution in [0.3, 0.4) is 0 Å². The van der Waals surface area contributed by atoms with Crippen molar-refractivity contribution < 1.29 is 27.1 Å². The molecule has 0 N–H and O–H groups in total. The molecule has 2 saturated heterocycles. The van der Waals surface area contributed by atoms with E-state index in [0.29, 0.717) is 50.3 Å². The van der Waals surface area contributed by atoms with Crippen molar-refractivity contribution in [3.05, 3.63) is 76.4 Å². The second-order valence-corrected chi connectivity index (χ2v) is 11.1. The van der Waals surface area contributed by atoms with E-state index in [1.165, 1.54) is 4.90 Å². The van der Waals surface area contributed by atoms with Gasteiger partial charge in [-0.25, -0.2) is 4.39 Å². The molecule has 2 atom stereocenters. The largest absolute Gasteiger partial charge is 0.416 e. The standard InChI is InChI=1S/C29H31F4N5O2/c1-3-25(37-8-7-20(30)13-37)18-9-22-23(24(10-18)29(31,32)33)14-38(27(22)39)21-6-4-5-19(11-21)28(15-40-16-28)12-26-35-34-17-36(26)2/h4-6,9-11,17,20,25H,3,7-8,12-16H2,1-2H3/t20-,25-/m0/s1. The van der Waals surface area contributed by atoms with Crippen molar-refractivity contribution >= 4 is 11.6 Å². The van der Waals surface area contributed by atoms with Gasteiger partial charge in [-0.1, -0.05) is 19.1 Å². The first kappa shape index (κ1) is 26.9. The average Bonchev–Trinajstić information content (AvgIpc) is 3.60. The molecule has 3 aliphatic rings. The number of likely N-dealkylation sites (tertiary alicyclic amines) is 1. The van der Waals surface area contributed by atoms with Gasteiger partial charge in [0.15, 0.2) is 0 Å². The maximum atomic E-state index is 14.3. The molecule has 7 nitrogen and oxygen atoms in total. The fourth-order valence-corrected chi connectivity index (χ4v) is 6.31. The molecule has 6 rings (SSSR count). The van der Waals surface area contributed by atoms with Crippen LogP contribution >= 0.6 is 0 Å². The Morgan fingerprint density at radius 2 is 2.00 bits per heavy atom. The summed E-state index contributed by atoms with van der Waals surface area (Å²) in [5.74, 6) is 0.328. The van der Waals surface area contributed by atoms with Crippen LogP contribution < -0.4 is 4.90 Å². The molecule has 0 aliphatic carbocycles. The maximum Gasteiger partial charge on any atom is 0.416 e. The van der Waals surface area contributed by atoms with Crippen LogP contribution in [0.2, 0.25) is 0 Å². The van der Waals surface area contributed by atoms with Crippen LogP contribution in [0.1, 0.15) is 64.2 Å². The van der Waals surface area contributed by atoms with Crippen molar-refractivity contribution in [1.29, 1.82) is 0 Å². The van der Waals surface area contributed by atoms with Crippen molar-refractivity contribution in [3.63, 3.8) is 0 Å². The second kappa shape index (κ2) is 9.95. The summed E-state index contributed by atoms with van der Waals surface area (Å²) < 4.78 is 64.4. The molecular formula is C29H31F4N5O2. The van der Waals surface area contributed by atoms with E-state index in [1.54, 1.807) is 18.5 Å². The van der Waals surface area contributed by atoms with Crippen molar-refractivity contribution in [2.24, 2.45) is 7.05 Å². The molecule has 4 heterocycles. The van der Waals surface area contributed by atoms with Crippen molar-refractivity contribution in [2.75, 3.05) is 31.2 Å². The number of aromatic nitrogens is 3. The number of halogens is 4. The number of ether oxygens (including phenoxy) is 1. The lowest BCUT2D eigenvalue weighted by Crippen LogP contribution is -2.49. The monoisotopic (exact) mass is 557 g/mol. The molecule has 1 amide bonds. The quantitative estimate of drug-likeness (QED) is 0.383. The molecule has 11 heteroatoms. The third-order valence-electron chi connectivity index (χ3n) is 8.57. The van der Waals surface area contributed by atoms with Crippen LogP contribution in [0.15, 0.2) is 42.7 Å².